The van der Waals surface area contributed by atoms with E-state index in [1.807, 2.05) is 0 Å². The lowest BCUT2D eigenvalue weighted by atomic mass is 9.95. The lowest BCUT2D eigenvalue weighted by Gasteiger charge is -2.32. The molecule has 4 heterocycles. The van der Waals surface area contributed by atoms with Gasteiger partial charge in [0.2, 0.25) is 0 Å². The van der Waals surface area contributed by atoms with Crippen LogP contribution in [0.15, 0.2) is 30.6 Å². The van der Waals surface area contributed by atoms with Crippen LogP contribution in [0.3, 0.4) is 0 Å². The largest absolute Gasteiger partial charge is 0.478 e. The highest BCUT2D eigenvalue weighted by Crippen LogP contribution is 2.33. The molecule has 1 N–H and O–H groups in total. The molecular formula is C22H23F5N4O3S. The van der Waals surface area contributed by atoms with Gasteiger partial charge < -0.3 is 14.8 Å². The molecule has 0 saturated carbocycles. The second-order valence-corrected chi connectivity index (χ2v) is 9.15. The van der Waals surface area contributed by atoms with Crippen LogP contribution < -0.4 is 14.8 Å². The van der Waals surface area contributed by atoms with Crippen LogP contribution in [0.2, 0.25) is 0 Å². The molecule has 13 heteroatoms. The quantitative estimate of drug-likeness (QED) is 0.362. The Balaban J connectivity index is 0.000000320. The van der Waals surface area contributed by atoms with E-state index in [1.54, 1.807) is 0 Å². The maximum Gasteiger partial charge on any atom is 0.422 e. The molecule has 1 fully saturated rings. The standard InChI is InChI=1S/C15H8F5N3O3.C7H15NS/c16-8-1-13(25-7-15(18,19)20)14(21-4-8)26-12-3-10-2-9(6-24)22-23(10)5-11(12)17;1-7(8-2)3-5-9-6-4-7/h1-6H,7H2;8H,3-6H2,1-2H3. The molecule has 3 aromatic heterocycles. The molecular weight excluding hydrogens is 495 g/mol. The van der Waals surface area contributed by atoms with Gasteiger partial charge in [-0.3, -0.25) is 4.79 Å². The fourth-order valence-corrected chi connectivity index (χ4v) is 4.47. The topological polar surface area (TPSA) is 77.8 Å². The van der Waals surface area contributed by atoms with Crippen LogP contribution in [0.1, 0.15) is 30.3 Å². The van der Waals surface area contributed by atoms with Crippen molar-refractivity contribution >= 4 is 23.6 Å². The number of alkyl halides is 3. The van der Waals surface area contributed by atoms with Crippen molar-refractivity contribution in [3.63, 3.8) is 0 Å². The van der Waals surface area contributed by atoms with Crippen LogP contribution in [0.4, 0.5) is 22.0 Å². The van der Waals surface area contributed by atoms with Crippen molar-refractivity contribution in [2.75, 3.05) is 25.2 Å². The first kappa shape index (κ1) is 26.7. The van der Waals surface area contributed by atoms with Gasteiger partial charge in [0.15, 0.2) is 30.2 Å². The van der Waals surface area contributed by atoms with E-state index in [0.717, 1.165) is 16.8 Å². The Labute approximate surface area is 202 Å². The summed E-state index contributed by atoms with van der Waals surface area (Å²) in [6, 6.07) is 3.11. The number of hydrogen-bond acceptors (Lipinski definition) is 7. The second-order valence-electron chi connectivity index (χ2n) is 7.93. The van der Waals surface area contributed by atoms with Gasteiger partial charge in [-0.1, -0.05) is 0 Å². The maximum absolute atomic E-state index is 14.1. The van der Waals surface area contributed by atoms with Gasteiger partial charge in [0.1, 0.15) is 11.5 Å². The molecule has 0 bridgehead atoms. The minimum absolute atomic E-state index is 0.0376. The Bertz CT molecular complexity index is 1170. The van der Waals surface area contributed by atoms with Crippen molar-refractivity contribution in [3.8, 4) is 17.4 Å². The molecule has 190 valence electrons. The molecule has 7 nitrogen and oxygen atoms in total. The number of carbonyl (C=O) groups excluding carboxylic acids is 1. The third-order valence-corrected chi connectivity index (χ3v) is 6.22. The van der Waals surface area contributed by atoms with E-state index < -0.39 is 41.8 Å². The smallest absolute Gasteiger partial charge is 0.422 e. The third kappa shape index (κ3) is 7.52. The SMILES string of the molecule is CNC1(C)CCSCC1.O=Cc1cc2cc(Oc3ncc(F)cc3OCC(F)(F)F)c(F)cn2n1. The lowest BCUT2D eigenvalue weighted by Crippen LogP contribution is -2.42. The zero-order valence-electron chi connectivity index (χ0n) is 18.9. The first-order valence-corrected chi connectivity index (χ1v) is 11.6. The van der Waals surface area contributed by atoms with Gasteiger partial charge in [-0.25, -0.2) is 18.3 Å². The van der Waals surface area contributed by atoms with Gasteiger partial charge in [0.25, 0.3) is 5.88 Å². The van der Waals surface area contributed by atoms with E-state index >= 15 is 0 Å². The number of carbonyl (C=O) groups is 1. The second kappa shape index (κ2) is 11.2. The van der Waals surface area contributed by atoms with Gasteiger partial charge in [-0.05, 0) is 44.4 Å². The van der Waals surface area contributed by atoms with E-state index in [0.29, 0.717) is 24.1 Å². The summed E-state index contributed by atoms with van der Waals surface area (Å²) in [7, 11) is 2.07. The average Bonchev–Trinajstić information content (AvgIpc) is 3.21. The summed E-state index contributed by atoms with van der Waals surface area (Å²) in [4.78, 5) is 14.2. The van der Waals surface area contributed by atoms with Crippen LogP contribution in [0.25, 0.3) is 5.52 Å². The van der Waals surface area contributed by atoms with Crippen LogP contribution in [-0.4, -0.2) is 57.8 Å². The first-order chi connectivity index (χ1) is 16.5. The van der Waals surface area contributed by atoms with E-state index in [4.69, 9.17) is 4.74 Å². The zero-order chi connectivity index (χ0) is 25.6. The number of fused-ring (bicyclic) bond motifs is 1. The number of aldehydes is 1. The monoisotopic (exact) mass is 518 g/mol. The van der Waals surface area contributed by atoms with Crippen molar-refractivity contribution in [1.29, 1.82) is 0 Å². The van der Waals surface area contributed by atoms with Gasteiger partial charge >= 0.3 is 6.18 Å². The Kier molecular flexibility index (Phi) is 8.54. The summed E-state index contributed by atoms with van der Waals surface area (Å²) in [5.41, 5.74) is 0.768. The third-order valence-electron chi connectivity index (χ3n) is 5.24. The van der Waals surface area contributed by atoms with Crippen molar-refractivity contribution in [2.24, 2.45) is 0 Å². The normalized spacial score (nSPS) is 15.3. The van der Waals surface area contributed by atoms with Gasteiger partial charge in [0, 0.05) is 17.7 Å². The Morgan fingerprint density at radius 1 is 1.20 bits per heavy atom. The molecule has 0 radical (unpaired) electrons. The first-order valence-electron chi connectivity index (χ1n) is 10.5. The maximum atomic E-state index is 14.1. The minimum Gasteiger partial charge on any atom is -0.478 e. The van der Waals surface area contributed by atoms with Crippen molar-refractivity contribution in [3.05, 3.63) is 47.9 Å². The Hall–Kier alpha value is -2.93. The summed E-state index contributed by atoms with van der Waals surface area (Å²) in [5.74, 6) is -0.874. The molecule has 1 saturated heterocycles. The zero-order valence-corrected chi connectivity index (χ0v) is 19.7. The van der Waals surface area contributed by atoms with E-state index in [9.17, 15) is 26.7 Å². The predicted molar refractivity (Wildman–Crippen MR) is 120 cm³/mol. The van der Waals surface area contributed by atoms with E-state index in [2.05, 4.69) is 45.9 Å². The molecule has 1 aliphatic heterocycles. The van der Waals surface area contributed by atoms with Crippen molar-refractivity contribution in [2.45, 2.75) is 31.5 Å². The highest BCUT2D eigenvalue weighted by molar-refractivity contribution is 7.99. The molecule has 1 aliphatic rings. The number of thioether (sulfide) groups is 1. The Morgan fingerprint density at radius 2 is 1.91 bits per heavy atom. The minimum atomic E-state index is -4.67. The summed E-state index contributed by atoms with van der Waals surface area (Å²) in [5, 5.41) is 7.13. The molecule has 0 unspecified atom stereocenters. The van der Waals surface area contributed by atoms with Gasteiger partial charge in [0.05, 0.1) is 17.9 Å². The van der Waals surface area contributed by atoms with Gasteiger partial charge in [-0.15, -0.1) is 0 Å². The molecule has 4 rings (SSSR count). The van der Waals surface area contributed by atoms with Gasteiger partial charge in [-0.2, -0.15) is 30.0 Å². The molecule has 0 aliphatic carbocycles. The average molecular weight is 519 g/mol. The van der Waals surface area contributed by atoms with Crippen LogP contribution in [0.5, 0.6) is 17.4 Å². The summed E-state index contributed by atoms with van der Waals surface area (Å²) in [6.45, 7) is 0.605. The highest BCUT2D eigenvalue weighted by Gasteiger charge is 2.29. The number of pyridine rings is 2. The van der Waals surface area contributed by atoms with Crippen LogP contribution in [0, 0.1) is 11.6 Å². The fourth-order valence-electron chi connectivity index (χ4n) is 3.07. The van der Waals surface area contributed by atoms with E-state index in [1.165, 1.54) is 30.4 Å². The summed E-state index contributed by atoms with van der Waals surface area (Å²) >= 11 is 2.07. The molecule has 35 heavy (non-hydrogen) atoms. The summed E-state index contributed by atoms with van der Waals surface area (Å²) in [6.07, 6.45) is 0.0158. The molecule has 3 aromatic rings. The van der Waals surface area contributed by atoms with Crippen LogP contribution >= 0.6 is 11.8 Å². The van der Waals surface area contributed by atoms with Crippen molar-refractivity contribution in [1.82, 2.24) is 19.9 Å². The number of hydrogen-bond donors (Lipinski definition) is 1. The number of aromatic nitrogens is 3. The fraction of sp³-hybridized carbons (Fsp3) is 0.409. The molecule has 0 atom stereocenters. The van der Waals surface area contributed by atoms with E-state index in [-0.39, 0.29) is 11.2 Å². The van der Waals surface area contributed by atoms with Crippen molar-refractivity contribution < 1.29 is 36.2 Å². The number of ether oxygens (including phenoxy) is 2. The number of halogens is 5. The predicted octanol–water partition coefficient (Wildman–Crippen LogP) is 5.04. The van der Waals surface area contributed by atoms with Crippen LogP contribution in [-0.2, 0) is 0 Å². The molecule has 0 amide bonds. The number of nitrogens with zero attached hydrogens (tertiary/aromatic N) is 3. The molecule has 0 spiro atoms. The summed E-state index contributed by atoms with van der Waals surface area (Å²) < 4.78 is 74.9. The highest BCUT2D eigenvalue weighted by atomic mass is 32.2. The number of nitrogens with one attached hydrogen (secondary N) is 1. The number of rotatable bonds is 6. The Morgan fingerprint density at radius 3 is 2.51 bits per heavy atom. The molecule has 0 aromatic carbocycles. The lowest BCUT2D eigenvalue weighted by molar-refractivity contribution is -0.153.